The van der Waals surface area contributed by atoms with Gasteiger partial charge in [-0.1, -0.05) is 12.1 Å². The van der Waals surface area contributed by atoms with Crippen LogP contribution in [0.2, 0.25) is 0 Å². The molecule has 0 saturated heterocycles. The topological polar surface area (TPSA) is 67.9 Å². The van der Waals surface area contributed by atoms with E-state index in [0.29, 0.717) is 18.0 Å². The third-order valence-electron chi connectivity index (χ3n) is 2.36. The Labute approximate surface area is 124 Å². The van der Waals surface area contributed by atoms with E-state index in [1.807, 2.05) is 12.1 Å². The van der Waals surface area contributed by atoms with Gasteiger partial charge in [0, 0.05) is 6.92 Å². The van der Waals surface area contributed by atoms with E-state index in [0.717, 1.165) is 5.56 Å². The summed E-state index contributed by atoms with van der Waals surface area (Å²) in [4.78, 5) is 14.8. The van der Waals surface area contributed by atoms with E-state index in [4.69, 9.17) is 10.00 Å². The molecule has 2 rings (SSSR count). The number of carbonyl (C=O) groups excluding carboxylic acids is 1. The Morgan fingerprint density at radius 1 is 1.47 bits per heavy atom. The Morgan fingerprint density at radius 2 is 2.16 bits per heavy atom. The number of hydrogen-bond donors (Lipinski definition) is 0. The van der Waals surface area contributed by atoms with Crippen molar-refractivity contribution in [3.8, 4) is 11.9 Å². The Hall–Kier alpha value is -2.01. The molecular formula is C13H12LiN3O2. The Kier molecular flexibility index (Phi) is 5.38. The maximum Gasteiger partial charge on any atom is 1.00 e. The fourth-order valence-corrected chi connectivity index (χ4v) is 1.54. The summed E-state index contributed by atoms with van der Waals surface area (Å²) in [5.41, 5.74) is 1.62. The molecule has 92 valence electrons. The number of aromatic nitrogens is 2. The molecule has 1 heterocycles. The number of esters is 1. The molecule has 0 amide bonds. The van der Waals surface area contributed by atoms with Gasteiger partial charge in [-0.05, 0) is 17.7 Å². The van der Waals surface area contributed by atoms with Crippen LogP contribution in [-0.4, -0.2) is 15.5 Å². The summed E-state index contributed by atoms with van der Waals surface area (Å²) in [6.45, 7) is 1.88. The standard InChI is InChI=1S/C13H11N3O2.Li.H/c1-10(17)18-13-7-15-9-16(13)8-12-4-2-11(6-14)3-5-12;;/h2-5,7,9H,8H2,1H3;;/q;+1;-1. The van der Waals surface area contributed by atoms with Crippen molar-refractivity contribution in [3.63, 3.8) is 0 Å². The second-order valence-electron chi connectivity index (χ2n) is 3.76. The summed E-state index contributed by atoms with van der Waals surface area (Å²) < 4.78 is 6.74. The van der Waals surface area contributed by atoms with Crippen molar-refractivity contribution in [1.29, 1.82) is 5.26 Å². The van der Waals surface area contributed by atoms with Gasteiger partial charge in [0.2, 0.25) is 5.88 Å². The van der Waals surface area contributed by atoms with E-state index >= 15 is 0 Å². The molecule has 0 radical (unpaired) electrons. The Morgan fingerprint density at radius 3 is 2.74 bits per heavy atom. The van der Waals surface area contributed by atoms with Crippen LogP contribution in [0, 0.1) is 11.3 Å². The van der Waals surface area contributed by atoms with Gasteiger partial charge in [-0.3, -0.25) is 9.36 Å². The van der Waals surface area contributed by atoms with E-state index in [1.165, 1.54) is 13.1 Å². The van der Waals surface area contributed by atoms with Gasteiger partial charge >= 0.3 is 24.8 Å². The zero-order chi connectivity index (χ0) is 13.0. The SMILES string of the molecule is CC(=O)Oc1cncn1Cc1ccc(C#N)cc1.[H-].[Li+]. The zero-order valence-corrected chi connectivity index (χ0v) is 10.8. The Balaban J connectivity index is 0.00000180. The Bertz CT molecular complexity index is 605. The third kappa shape index (κ3) is 3.99. The quantitative estimate of drug-likeness (QED) is 0.508. The van der Waals surface area contributed by atoms with E-state index in [9.17, 15) is 4.79 Å². The van der Waals surface area contributed by atoms with Gasteiger partial charge in [0.1, 0.15) is 0 Å². The monoisotopic (exact) mass is 249 g/mol. The molecule has 0 saturated carbocycles. The number of carbonyl (C=O) groups is 1. The predicted molar refractivity (Wildman–Crippen MR) is 64.9 cm³/mol. The van der Waals surface area contributed by atoms with E-state index in [-0.39, 0.29) is 26.3 Å². The molecule has 0 unspecified atom stereocenters. The molecule has 0 N–H and O–H groups in total. The number of nitriles is 1. The predicted octanol–water partition coefficient (Wildman–Crippen LogP) is -1.16. The summed E-state index contributed by atoms with van der Waals surface area (Å²) in [5, 5.41) is 8.71. The van der Waals surface area contributed by atoms with Crippen LogP contribution < -0.4 is 23.6 Å². The maximum absolute atomic E-state index is 10.9. The molecular weight excluding hydrogens is 237 g/mol. The fraction of sp³-hybridized carbons (Fsp3) is 0.154. The minimum Gasteiger partial charge on any atom is -1.00 e. The first-order valence-corrected chi connectivity index (χ1v) is 5.36. The van der Waals surface area contributed by atoms with Gasteiger partial charge in [-0.15, -0.1) is 0 Å². The van der Waals surface area contributed by atoms with Crippen LogP contribution in [0.3, 0.4) is 0 Å². The average molecular weight is 249 g/mol. The normalized spacial score (nSPS) is 9.26. The molecule has 0 aliphatic heterocycles. The largest absolute Gasteiger partial charge is 1.00 e. The van der Waals surface area contributed by atoms with Crippen LogP contribution in [0.25, 0.3) is 0 Å². The summed E-state index contributed by atoms with van der Waals surface area (Å²) >= 11 is 0. The smallest absolute Gasteiger partial charge is 1.00 e. The van der Waals surface area contributed by atoms with Crippen LogP contribution in [-0.2, 0) is 11.3 Å². The molecule has 0 spiro atoms. The molecule has 19 heavy (non-hydrogen) atoms. The number of nitrogens with zero attached hydrogens (tertiary/aromatic N) is 3. The van der Waals surface area contributed by atoms with Crippen molar-refractivity contribution >= 4 is 5.97 Å². The van der Waals surface area contributed by atoms with Crippen LogP contribution in [0.1, 0.15) is 19.5 Å². The van der Waals surface area contributed by atoms with Crippen molar-refractivity contribution in [2.75, 3.05) is 0 Å². The number of rotatable bonds is 3. The van der Waals surface area contributed by atoms with E-state index < -0.39 is 0 Å². The van der Waals surface area contributed by atoms with Crippen LogP contribution in [0.5, 0.6) is 5.88 Å². The number of ether oxygens (including phenoxy) is 1. The second kappa shape index (κ2) is 6.80. The van der Waals surface area contributed by atoms with Crippen LogP contribution in [0.4, 0.5) is 0 Å². The molecule has 0 aliphatic carbocycles. The van der Waals surface area contributed by atoms with Crippen LogP contribution >= 0.6 is 0 Å². The van der Waals surface area contributed by atoms with Gasteiger partial charge in [0.25, 0.3) is 0 Å². The average Bonchev–Trinajstić information content (AvgIpc) is 2.77. The molecule has 1 aromatic heterocycles. The van der Waals surface area contributed by atoms with Crippen LogP contribution in [0.15, 0.2) is 36.8 Å². The minimum absolute atomic E-state index is 0. The molecule has 0 aliphatic rings. The maximum atomic E-state index is 10.9. The summed E-state index contributed by atoms with van der Waals surface area (Å²) in [5.74, 6) is 0.0310. The first-order chi connectivity index (χ1) is 8.69. The molecule has 5 nitrogen and oxygen atoms in total. The second-order valence-corrected chi connectivity index (χ2v) is 3.76. The van der Waals surface area contributed by atoms with Crippen molar-refractivity contribution in [1.82, 2.24) is 9.55 Å². The first kappa shape index (κ1) is 15.0. The van der Waals surface area contributed by atoms with Crippen molar-refractivity contribution in [2.45, 2.75) is 13.5 Å². The van der Waals surface area contributed by atoms with Crippen molar-refractivity contribution in [3.05, 3.63) is 47.9 Å². The van der Waals surface area contributed by atoms with E-state index in [1.54, 1.807) is 23.0 Å². The van der Waals surface area contributed by atoms with Gasteiger partial charge < -0.3 is 6.16 Å². The molecule has 1 aromatic carbocycles. The molecule has 0 fully saturated rings. The summed E-state index contributed by atoms with van der Waals surface area (Å²) in [6.07, 6.45) is 3.08. The molecule has 0 bridgehead atoms. The third-order valence-corrected chi connectivity index (χ3v) is 2.36. The van der Waals surface area contributed by atoms with Crippen molar-refractivity contribution in [2.24, 2.45) is 0 Å². The molecule has 6 heteroatoms. The number of imidazole rings is 1. The number of benzene rings is 1. The fourth-order valence-electron chi connectivity index (χ4n) is 1.54. The first-order valence-electron chi connectivity index (χ1n) is 5.36. The zero-order valence-electron chi connectivity index (χ0n) is 11.8. The summed E-state index contributed by atoms with van der Waals surface area (Å²) in [6, 6.07) is 9.27. The number of hydrogen-bond acceptors (Lipinski definition) is 4. The minimum atomic E-state index is -0.378. The van der Waals surface area contributed by atoms with E-state index in [2.05, 4.69) is 11.1 Å². The van der Waals surface area contributed by atoms with Gasteiger partial charge in [-0.25, -0.2) is 4.98 Å². The molecule has 2 aromatic rings. The van der Waals surface area contributed by atoms with Gasteiger partial charge in [0.05, 0.1) is 30.7 Å². The summed E-state index contributed by atoms with van der Waals surface area (Å²) in [7, 11) is 0. The van der Waals surface area contributed by atoms with Gasteiger partial charge in [-0.2, -0.15) is 5.26 Å². The molecule has 0 atom stereocenters. The van der Waals surface area contributed by atoms with Crippen molar-refractivity contribution < 1.29 is 29.8 Å². The van der Waals surface area contributed by atoms with Gasteiger partial charge in [0.15, 0.2) is 0 Å².